The third-order valence-corrected chi connectivity index (χ3v) is 31.2. The molecule has 3 aliphatic heterocycles. The fraction of sp³-hybridized carbons (Fsp3) is 0.527. The predicted octanol–water partition coefficient (Wildman–Crippen LogP) is 20.5. The number of sulfone groups is 1. The van der Waals surface area contributed by atoms with Crippen molar-refractivity contribution in [1.82, 2.24) is 116 Å². The Hall–Kier alpha value is -6.49. The van der Waals surface area contributed by atoms with Gasteiger partial charge in [-0.2, -0.15) is 15.1 Å². The first-order valence-corrected chi connectivity index (χ1v) is 54.0. The molecule has 0 saturated carbocycles. The molecular formula is C91H135BBr6N28O5S7. The summed E-state index contributed by atoms with van der Waals surface area (Å²) in [5.74, 6) is 0.401. The second-order valence-electron chi connectivity index (χ2n) is 37.2. The summed E-state index contributed by atoms with van der Waals surface area (Å²) in [6.45, 7) is 39.6. The topological polar surface area (TPSA) is 448 Å². The minimum absolute atomic E-state index is 0. The summed E-state index contributed by atoms with van der Waals surface area (Å²) in [5.41, 5.74) is 20.6. The maximum atomic E-state index is 11.2. The van der Waals surface area contributed by atoms with Crippen LogP contribution in [0.15, 0.2) is 109 Å². The van der Waals surface area contributed by atoms with Crippen molar-refractivity contribution in [2.45, 2.75) is 278 Å². The van der Waals surface area contributed by atoms with Gasteiger partial charge in [0.1, 0.15) is 35.5 Å². The second-order valence-corrected chi connectivity index (χ2v) is 50.9. The molecule has 0 amide bonds. The summed E-state index contributed by atoms with van der Waals surface area (Å²) in [5, 5.41) is 41.4. The summed E-state index contributed by atoms with van der Waals surface area (Å²) < 4.78 is 39.9. The predicted molar refractivity (Wildman–Crippen MR) is 603 cm³/mol. The summed E-state index contributed by atoms with van der Waals surface area (Å²) in [6, 6.07) is 9.47. The molecule has 0 aliphatic carbocycles. The van der Waals surface area contributed by atoms with Crippen molar-refractivity contribution in [2.75, 3.05) is 62.0 Å². The molecule has 15 heterocycles. The van der Waals surface area contributed by atoms with Crippen LogP contribution >= 0.6 is 152 Å². The van der Waals surface area contributed by atoms with E-state index in [0.29, 0.717) is 73.3 Å². The van der Waals surface area contributed by atoms with Gasteiger partial charge in [-0.1, -0.05) is 111 Å². The zero-order chi connectivity index (χ0) is 99.0. The van der Waals surface area contributed by atoms with Crippen molar-refractivity contribution in [2.24, 2.45) is 12.0 Å². The molecule has 10 N–H and O–H groups in total. The molecule has 0 spiro atoms. The van der Waals surface area contributed by atoms with Gasteiger partial charge in [0.15, 0.2) is 72.8 Å². The van der Waals surface area contributed by atoms with Crippen molar-refractivity contribution < 1.29 is 22.8 Å². The number of nitrogens with zero attached hydrogens (tertiary/aromatic N) is 22. The van der Waals surface area contributed by atoms with Gasteiger partial charge in [0, 0.05) is 127 Å². The quantitative estimate of drug-likeness (QED) is 0.0358. The fourth-order valence-electron chi connectivity index (χ4n) is 15.2. The van der Waals surface area contributed by atoms with Crippen molar-refractivity contribution in [3.05, 3.63) is 117 Å². The van der Waals surface area contributed by atoms with Gasteiger partial charge in [-0.15, -0.1) is 0 Å². The van der Waals surface area contributed by atoms with E-state index in [1.165, 1.54) is 30.4 Å². The number of nitrogens with two attached hydrogens (primary N) is 2. The molecule has 47 heteroatoms. The van der Waals surface area contributed by atoms with Gasteiger partial charge in [0.25, 0.3) is 0 Å². The van der Waals surface area contributed by atoms with Crippen LogP contribution in [0.2, 0.25) is 0 Å². The highest BCUT2D eigenvalue weighted by molar-refractivity contribution is 9.11. The molecule has 14 aromatic rings. The maximum Gasteiger partial charge on any atom is 0.213 e. The zero-order valence-corrected chi connectivity index (χ0v) is 94.4. The standard InChI is InChI=1S/C24H31N7S.C15H22BrN5S.C10H22N2.C9H11BN2.C6H4BrN3O2S2.C6H4BrN3OS2.C6H4BrN3S.C6H14O2.C4H3Br2N3.5CH4/c1-14-8-15(9-16-13-30(6)28-19(14)16)18-12-25-20-21(26-18)32-22(27-20)31(7)17-10-23(2,3)29-24(4,5)11-17;1-14(2)6-9(7-15(3,4)20-14)21(5)13-19-11-12(22-13)18-10(16)8-17-11;1-9(2)6-8(11-5)7-10(3,4)12-9;1-6-3-8(10)4-7(5-12-2)9(6)11;1-14(11,12)6-10-4-5(13-6)9-3(7)2-8-4;1-13(11)6-10-4-5(12-6)9-3(7)2-8-4;1-3-9-5-6(11-3)10-4(7)2-8-5;1-5(2,7)6(3,4)8;5-2-1-8-4(7)3(6)9-2;;;;;/h8-9,12-13,17,29H,10-11H2,1-7H3;8-9,20H,6-7H2,1-5H3;8,11-12H,6-7H2,1-5H3;3-5H,11H2,1-2H3;2H,1H3;2H,1H3;2H,1H3;7-8H,1-4H3;1H,(H2,7,8);5*1H4. The second kappa shape index (κ2) is 50.8. The summed E-state index contributed by atoms with van der Waals surface area (Å²) in [6.07, 6.45) is 23.0. The molecule has 33 nitrogen and oxygen atoms in total. The molecule has 17 rings (SSSR count). The SMILES string of the molecule is C.C.C.C.C.CC(C)(O)C(C)(C)O.CN(c1nc2ncc(Br)nc2s1)C1CC(C)(C)NC(C)(C)C1.CNC1CC(C)(C)NC(C)(C)C1.CS(=O)(=O)c1nc2ncc(Br)nc2s1.CS(=O)c1nc2ncc(Br)nc2s1.Cc1cc(-c2cnc3nc(N(C)C4CC(C)(C)NC(C)(C)C4)sc3n2)cc2cn(C)nc12.Cc1nc2ncc(Br)nc2s1.Nc1ncc(Br)nc1Br.[B]c1cc(C)c(N)c(C=NC)c1. The highest BCUT2D eigenvalue weighted by atomic mass is 79.9. The van der Waals surface area contributed by atoms with Crippen LogP contribution < -0.4 is 48.0 Å². The molecular weight excluding hydrogens is 2280 g/mol. The van der Waals surface area contributed by atoms with Gasteiger partial charge in [-0.25, -0.2) is 83.2 Å². The Kier molecular flexibility index (Phi) is 45.6. The summed E-state index contributed by atoms with van der Waals surface area (Å²) in [7, 11) is 11.3. The number of rotatable bonds is 10. The normalized spacial score (nSPS) is 15.9. The van der Waals surface area contributed by atoms with Gasteiger partial charge >= 0.3 is 0 Å². The molecule has 0 bridgehead atoms. The molecule has 3 aliphatic rings. The van der Waals surface area contributed by atoms with Crippen LogP contribution in [-0.2, 0) is 27.7 Å². The lowest BCUT2D eigenvalue weighted by Gasteiger charge is -2.48. The van der Waals surface area contributed by atoms with E-state index >= 15 is 0 Å². The molecule has 1 unspecified atom stereocenters. The minimum atomic E-state index is -3.27. The summed E-state index contributed by atoms with van der Waals surface area (Å²) in [4.78, 5) is 84.6. The largest absolute Gasteiger partial charge is 0.398 e. The Labute approximate surface area is 888 Å². The number of hydrogen-bond acceptors (Lipinski definition) is 37. The lowest BCUT2D eigenvalue weighted by atomic mass is 9.79. The smallest absolute Gasteiger partial charge is 0.213 e. The first kappa shape index (κ1) is 124. The van der Waals surface area contributed by atoms with Gasteiger partial charge in [0.05, 0.1) is 75.4 Å². The van der Waals surface area contributed by atoms with Gasteiger partial charge in [0.2, 0.25) is 14.2 Å². The third-order valence-electron chi connectivity index (χ3n) is 20.9. The molecule has 2 aromatic carbocycles. The Morgan fingerprint density at radius 2 is 0.928 bits per heavy atom. The van der Waals surface area contributed by atoms with Crippen LogP contribution in [-0.4, -0.2) is 235 Å². The number of nitrogen functional groups attached to an aromatic ring is 2. The molecule has 2 radical (unpaired) electrons. The number of fused-ring (bicyclic) bond motifs is 6. The van der Waals surface area contributed by atoms with Gasteiger partial charge in [-0.05, 0) is 296 Å². The minimum Gasteiger partial charge on any atom is -0.398 e. The molecule has 756 valence electrons. The van der Waals surface area contributed by atoms with E-state index in [4.69, 9.17) is 39.5 Å². The number of aliphatic imine (C=N–C) groups is 1. The van der Waals surface area contributed by atoms with Crippen LogP contribution in [0.3, 0.4) is 0 Å². The average molecular weight is 2420 g/mol. The van der Waals surface area contributed by atoms with E-state index in [-0.39, 0.29) is 74.7 Å². The van der Waals surface area contributed by atoms with Crippen LogP contribution in [0.4, 0.5) is 21.8 Å². The molecule has 3 fully saturated rings. The number of anilines is 4. The van der Waals surface area contributed by atoms with Gasteiger partial charge < -0.3 is 52.7 Å². The van der Waals surface area contributed by atoms with Crippen molar-refractivity contribution in [3.8, 4) is 11.3 Å². The molecule has 12 aromatic heterocycles. The molecule has 138 heavy (non-hydrogen) atoms. The Morgan fingerprint density at radius 3 is 1.34 bits per heavy atom. The average Bonchev–Trinajstić information content (AvgIpc) is 1.75. The zero-order valence-electron chi connectivity index (χ0n) is 79.2. The number of aliphatic hydroxyl groups is 2. The molecule has 1 atom stereocenters. The first-order chi connectivity index (χ1) is 61.5. The number of aryl methyl sites for hydroxylation is 4. The third kappa shape index (κ3) is 36.1. The lowest BCUT2D eigenvalue weighted by Crippen LogP contribution is -2.61. The monoisotopic (exact) mass is 2410 g/mol. The number of hydrogen-bond donors (Lipinski definition) is 8. The molecule has 3 saturated heterocycles. The summed E-state index contributed by atoms with van der Waals surface area (Å²) >= 11 is 26.3. The number of nitrogens with one attached hydrogen (secondary N) is 4. The Bertz CT molecular complexity index is 6520. The van der Waals surface area contributed by atoms with Gasteiger partial charge in [-0.3, -0.25) is 13.9 Å². The number of halogens is 6. The van der Waals surface area contributed by atoms with Crippen LogP contribution in [0.1, 0.15) is 208 Å². The number of thiazole rings is 5. The number of piperidine rings is 3. The fourth-order valence-corrected chi connectivity index (χ4v) is 23.5. The van der Waals surface area contributed by atoms with E-state index in [1.54, 1.807) is 106 Å². The number of benzene rings is 2. The van der Waals surface area contributed by atoms with E-state index in [9.17, 15) is 12.6 Å². The van der Waals surface area contributed by atoms with Crippen molar-refractivity contribution in [1.29, 1.82) is 0 Å². The van der Waals surface area contributed by atoms with Crippen LogP contribution in [0, 0.1) is 20.8 Å². The lowest BCUT2D eigenvalue weighted by molar-refractivity contribution is -0.107. The van der Waals surface area contributed by atoms with Crippen molar-refractivity contribution in [3.63, 3.8) is 0 Å². The maximum absolute atomic E-state index is 11.2. The van der Waals surface area contributed by atoms with E-state index in [0.717, 1.165) is 144 Å². The van der Waals surface area contributed by atoms with E-state index < -0.39 is 31.8 Å². The highest BCUT2D eigenvalue weighted by Crippen LogP contribution is 2.40. The Balaban J connectivity index is 0.000000335. The first-order valence-electron chi connectivity index (χ1n) is 41.7. The van der Waals surface area contributed by atoms with Crippen molar-refractivity contribution >= 4 is 277 Å². The van der Waals surface area contributed by atoms with Crippen LogP contribution in [0.5, 0.6) is 0 Å². The Morgan fingerprint density at radius 1 is 0.543 bits per heavy atom. The van der Waals surface area contributed by atoms with E-state index in [2.05, 4.69) is 335 Å². The number of aromatic nitrogens is 19. The van der Waals surface area contributed by atoms with E-state index in [1.807, 2.05) is 50.1 Å². The van der Waals surface area contributed by atoms with Crippen LogP contribution in [0.25, 0.3) is 74.5 Å². The highest BCUT2D eigenvalue weighted by Gasteiger charge is 2.42.